The Bertz CT molecular complexity index is 731. The van der Waals surface area contributed by atoms with Crippen LogP contribution < -0.4 is 0 Å². The second-order valence-corrected chi connectivity index (χ2v) is 7.33. The minimum Gasteiger partial charge on any atom is -0.289 e. The lowest BCUT2D eigenvalue weighted by Crippen LogP contribution is -2.22. The topological polar surface area (TPSA) is 41.9 Å². The Kier molecular flexibility index (Phi) is 3.45. The van der Waals surface area contributed by atoms with Crippen LogP contribution in [0.25, 0.3) is 10.2 Å². The third kappa shape index (κ3) is 2.47. The van der Waals surface area contributed by atoms with E-state index in [1.54, 1.807) is 0 Å². The van der Waals surface area contributed by atoms with E-state index in [2.05, 4.69) is 38.8 Å². The Morgan fingerprint density at radius 2 is 2.24 bits per heavy atom. The van der Waals surface area contributed by atoms with Gasteiger partial charge in [0.1, 0.15) is 5.01 Å². The Morgan fingerprint density at radius 1 is 1.33 bits per heavy atom. The fraction of sp³-hybridized carbons (Fsp3) is 0.400. The minimum atomic E-state index is 0.448. The molecule has 0 radical (unpaired) electrons. The molecule has 3 heterocycles. The second kappa shape index (κ2) is 5.44. The molecule has 1 aromatic carbocycles. The molecule has 21 heavy (non-hydrogen) atoms. The van der Waals surface area contributed by atoms with Crippen LogP contribution in [0.4, 0.5) is 0 Å². The van der Waals surface area contributed by atoms with Gasteiger partial charge in [0.15, 0.2) is 0 Å². The molecule has 1 saturated heterocycles. The van der Waals surface area contributed by atoms with Crippen molar-refractivity contribution in [2.75, 3.05) is 6.54 Å². The summed E-state index contributed by atoms with van der Waals surface area (Å²) in [6.45, 7) is 4.13. The van der Waals surface area contributed by atoms with Crippen LogP contribution in [0.5, 0.6) is 0 Å². The number of hydrogen-bond acceptors (Lipinski definition) is 6. The van der Waals surface area contributed by atoms with E-state index in [4.69, 9.17) is 4.98 Å². The highest BCUT2D eigenvalue weighted by atomic mass is 32.1. The van der Waals surface area contributed by atoms with Gasteiger partial charge < -0.3 is 0 Å². The molecule has 0 N–H and O–H groups in total. The summed E-state index contributed by atoms with van der Waals surface area (Å²) in [5.41, 5.74) is 2.19. The summed E-state index contributed by atoms with van der Waals surface area (Å²) in [6.07, 6.45) is 2.44. The minimum absolute atomic E-state index is 0.448. The molecule has 4 rings (SSSR count). The molecular weight excluding hydrogens is 300 g/mol. The number of benzene rings is 1. The number of para-hydroxylation sites is 1. The summed E-state index contributed by atoms with van der Waals surface area (Å²) in [5.74, 6) is 0. The summed E-state index contributed by atoms with van der Waals surface area (Å²) in [7, 11) is 0. The molecule has 1 aliphatic rings. The Morgan fingerprint density at radius 3 is 3.05 bits per heavy atom. The summed E-state index contributed by atoms with van der Waals surface area (Å²) >= 11 is 3.35. The molecule has 1 fully saturated rings. The zero-order chi connectivity index (χ0) is 14.2. The molecule has 1 unspecified atom stereocenters. The standard InChI is InChI=1S/C15H16N4S2/c1-10-14(21-18-17-10)9-19-8-4-6-12(19)15-16-11-5-2-3-7-13(11)20-15/h2-3,5,7,12H,4,6,8-9H2,1H3. The smallest absolute Gasteiger partial charge is 0.111 e. The Labute approximate surface area is 131 Å². The van der Waals surface area contributed by atoms with Crippen molar-refractivity contribution in [3.8, 4) is 0 Å². The van der Waals surface area contributed by atoms with E-state index in [1.165, 1.54) is 39.0 Å². The van der Waals surface area contributed by atoms with E-state index in [-0.39, 0.29) is 0 Å². The number of fused-ring (bicyclic) bond motifs is 1. The molecule has 1 atom stereocenters. The van der Waals surface area contributed by atoms with Crippen LogP contribution in [0, 0.1) is 6.92 Å². The van der Waals surface area contributed by atoms with Gasteiger partial charge in [-0.25, -0.2) is 4.98 Å². The Hall–Kier alpha value is -1.37. The van der Waals surface area contributed by atoms with Crippen molar-refractivity contribution in [2.45, 2.75) is 32.4 Å². The number of aromatic nitrogens is 3. The summed E-state index contributed by atoms with van der Waals surface area (Å²) < 4.78 is 5.34. The van der Waals surface area contributed by atoms with Gasteiger partial charge in [0.05, 0.1) is 26.8 Å². The van der Waals surface area contributed by atoms with Crippen molar-refractivity contribution in [1.29, 1.82) is 0 Å². The highest BCUT2D eigenvalue weighted by Crippen LogP contribution is 2.37. The second-order valence-electron chi connectivity index (χ2n) is 5.43. The highest BCUT2D eigenvalue weighted by Gasteiger charge is 2.29. The average Bonchev–Trinajstić information content (AvgIpc) is 3.19. The van der Waals surface area contributed by atoms with Gasteiger partial charge in [0.2, 0.25) is 0 Å². The van der Waals surface area contributed by atoms with Gasteiger partial charge in [-0.3, -0.25) is 4.90 Å². The first-order chi connectivity index (χ1) is 10.3. The van der Waals surface area contributed by atoms with E-state index in [9.17, 15) is 0 Å². The first-order valence-corrected chi connectivity index (χ1v) is 8.77. The van der Waals surface area contributed by atoms with Gasteiger partial charge in [-0.2, -0.15) is 0 Å². The molecule has 108 valence electrons. The molecule has 0 bridgehead atoms. The molecular formula is C15H16N4S2. The van der Waals surface area contributed by atoms with Crippen molar-refractivity contribution >= 4 is 33.1 Å². The van der Waals surface area contributed by atoms with Crippen LogP contribution in [0.15, 0.2) is 24.3 Å². The van der Waals surface area contributed by atoms with Crippen molar-refractivity contribution in [2.24, 2.45) is 0 Å². The molecule has 3 aromatic rings. The normalized spacial score (nSPS) is 19.6. The molecule has 0 amide bonds. The molecule has 2 aromatic heterocycles. The van der Waals surface area contributed by atoms with Crippen LogP contribution in [0.3, 0.4) is 0 Å². The van der Waals surface area contributed by atoms with E-state index < -0.39 is 0 Å². The van der Waals surface area contributed by atoms with Gasteiger partial charge in [-0.1, -0.05) is 16.6 Å². The number of rotatable bonds is 3. The van der Waals surface area contributed by atoms with Gasteiger partial charge in [-0.05, 0) is 50.0 Å². The molecule has 0 saturated carbocycles. The Balaban J connectivity index is 1.62. The van der Waals surface area contributed by atoms with Gasteiger partial charge in [-0.15, -0.1) is 16.4 Å². The van der Waals surface area contributed by atoms with Gasteiger partial charge >= 0.3 is 0 Å². The van der Waals surface area contributed by atoms with Crippen molar-refractivity contribution in [3.05, 3.63) is 39.8 Å². The van der Waals surface area contributed by atoms with Crippen molar-refractivity contribution in [1.82, 2.24) is 19.5 Å². The first kappa shape index (κ1) is 13.3. The SMILES string of the molecule is Cc1nnsc1CN1CCCC1c1nc2ccccc2s1. The van der Waals surface area contributed by atoms with Crippen LogP contribution in [-0.4, -0.2) is 26.0 Å². The van der Waals surface area contributed by atoms with E-state index in [0.29, 0.717) is 6.04 Å². The lowest BCUT2D eigenvalue weighted by atomic mass is 10.2. The number of thiazole rings is 1. The first-order valence-electron chi connectivity index (χ1n) is 7.18. The third-order valence-corrected chi connectivity index (χ3v) is 6.00. The van der Waals surface area contributed by atoms with Crippen molar-refractivity contribution < 1.29 is 0 Å². The van der Waals surface area contributed by atoms with Crippen molar-refractivity contribution in [3.63, 3.8) is 0 Å². The number of nitrogens with zero attached hydrogens (tertiary/aromatic N) is 4. The monoisotopic (exact) mass is 316 g/mol. The maximum Gasteiger partial charge on any atom is 0.111 e. The maximum atomic E-state index is 4.85. The molecule has 4 nitrogen and oxygen atoms in total. The van der Waals surface area contributed by atoms with Crippen LogP contribution in [0.2, 0.25) is 0 Å². The third-order valence-electron chi connectivity index (χ3n) is 4.05. The fourth-order valence-corrected chi connectivity index (χ4v) is 4.70. The molecule has 6 heteroatoms. The lowest BCUT2D eigenvalue weighted by molar-refractivity contribution is 0.250. The molecule has 1 aliphatic heterocycles. The van der Waals surface area contributed by atoms with Gasteiger partial charge in [0, 0.05) is 6.54 Å². The van der Waals surface area contributed by atoms with Crippen LogP contribution in [0.1, 0.15) is 34.5 Å². The van der Waals surface area contributed by atoms with Crippen LogP contribution in [-0.2, 0) is 6.54 Å². The maximum absolute atomic E-state index is 4.85. The largest absolute Gasteiger partial charge is 0.289 e. The predicted molar refractivity (Wildman–Crippen MR) is 86.7 cm³/mol. The van der Waals surface area contributed by atoms with E-state index in [1.807, 2.05) is 18.3 Å². The lowest BCUT2D eigenvalue weighted by Gasteiger charge is -2.21. The summed E-state index contributed by atoms with van der Waals surface area (Å²) in [4.78, 5) is 8.65. The highest BCUT2D eigenvalue weighted by molar-refractivity contribution is 7.18. The summed E-state index contributed by atoms with van der Waals surface area (Å²) in [5, 5.41) is 5.37. The summed E-state index contributed by atoms with van der Waals surface area (Å²) in [6, 6.07) is 8.86. The molecule has 0 spiro atoms. The van der Waals surface area contributed by atoms with E-state index >= 15 is 0 Å². The van der Waals surface area contributed by atoms with Crippen LogP contribution >= 0.6 is 22.9 Å². The fourth-order valence-electron chi connectivity index (χ4n) is 2.91. The number of likely N-dealkylation sites (tertiary alicyclic amines) is 1. The van der Waals surface area contributed by atoms with E-state index in [0.717, 1.165) is 24.3 Å². The number of hydrogen-bond donors (Lipinski definition) is 0. The zero-order valence-electron chi connectivity index (χ0n) is 11.8. The molecule has 0 aliphatic carbocycles. The quantitative estimate of drug-likeness (QED) is 0.737. The zero-order valence-corrected chi connectivity index (χ0v) is 13.5. The average molecular weight is 316 g/mol. The number of aryl methyl sites for hydroxylation is 1. The predicted octanol–water partition coefficient (Wildman–Crippen LogP) is 3.79. The van der Waals surface area contributed by atoms with Gasteiger partial charge in [0.25, 0.3) is 0 Å².